The summed E-state index contributed by atoms with van der Waals surface area (Å²) in [7, 11) is 2.00. The van der Waals surface area contributed by atoms with Crippen LogP contribution in [-0.4, -0.2) is 41.2 Å². The van der Waals surface area contributed by atoms with Crippen LogP contribution in [0.3, 0.4) is 0 Å². The number of nitrogens with one attached hydrogen (secondary N) is 2. The van der Waals surface area contributed by atoms with Crippen molar-refractivity contribution in [3.63, 3.8) is 0 Å². The number of rotatable bonds is 5. The van der Waals surface area contributed by atoms with E-state index in [9.17, 15) is 4.79 Å². The Kier molecular flexibility index (Phi) is 6.18. The molecule has 2 N–H and O–H groups in total. The first-order valence-corrected chi connectivity index (χ1v) is 9.57. The van der Waals surface area contributed by atoms with Crippen LogP contribution in [-0.2, 0) is 13.6 Å². The summed E-state index contributed by atoms with van der Waals surface area (Å²) >= 11 is 0. The van der Waals surface area contributed by atoms with Crippen molar-refractivity contribution in [3.8, 4) is 0 Å². The highest BCUT2D eigenvalue weighted by Crippen LogP contribution is 2.25. The minimum atomic E-state index is -0.0399. The van der Waals surface area contributed by atoms with Gasteiger partial charge in [0, 0.05) is 44.6 Å². The largest absolute Gasteiger partial charge is 0.353 e. The van der Waals surface area contributed by atoms with Crippen LogP contribution in [0.25, 0.3) is 0 Å². The van der Waals surface area contributed by atoms with Crippen molar-refractivity contribution in [1.29, 1.82) is 0 Å². The van der Waals surface area contributed by atoms with Gasteiger partial charge in [0.15, 0.2) is 0 Å². The lowest BCUT2D eigenvalue weighted by molar-refractivity contribution is 0.155. The Labute approximate surface area is 145 Å². The van der Waals surface area contributed by atoms with Crippen molar-refractivity contribution < 1.29 is 4.79 Å². The molecule has 0 aromatic carbocycles. The topological polar surface area (TPSA) is 49.3 Å². The maximum Gasteiger partial charge on any atom is 0.315 e. The van der Waals surface area contributed by atoms with E-state index in [-0.39, 0.29) is 6.03 Å². The third-order valence-corrected chi connectivity index (χ3v) is 5.65. The zero-order chi connectivity index (χ0) is 16.8. The Bertz CT molecular complexity index is 513. The summed E-state index contributed by atoms with van der Waals surface area (Å²) in [6, 6.07) is 4.31. The number of aromatic nitrogens is 1. The van der Waals surface area contributed by atoms with E-state index in [1.807, 2.05) is 29.9 Å². The molecule has 5 nitrogen and oxygen atoms in total. The summed E-state index contributed by atoms with van der Waals surface area (Å²) in [5.74, 6) is 0.914. The molecule has 1 aliphatic heterocycles. The van der Waals surface area contributed by atoms with Gasteiger partial charge in [-0.15, -0.1) is 0 Å². The Morgan fingerprint density at radius 1 is 1.17 bits per heavy atom. The van der Waals surface area contributed by atoms with Crippen molar-refractivity contribution in [2.45, 2.75) is 57.5 Å². The fourth-order valence-corrected chi connectivity index (χ4v) is 4.08. The van der Waals surface area contributed by atoms with E-state index in [4.69, 9.17) is 0 Å². The molecule has 1 saturated carbocycles. The molecule has 0 bridgehead atoms. The van der Waals surface area contributed by atoms with Gasteiger partial charge in [0.05, 0.1) is 6.54 Å². The molecule has 5 heteroatoms. The van der Waals surface area contributed by atoms with Crippen molar-refractivity contribution in [3.05, 3.63) is 24.0 Å². The molecule has 1 aromatic heterocycles. The van der Waals surface area contributed by atoms with Gasteiger partial charge < -0.3 is 20.1 Å². The summed E-state index contributed by atoms with van der Waals surface area (Å²) in [6.07, 6.45) is 11.2. The van der Waals surface area contributed by atoms with Gasteiger partial charge in [0.2, 0.25) is 0 Å². The average molecular weight is 332 g/mol. The number of carbonyl (C=O) groups excluding carboxylic acids is 1. The lowest BCUT2D eigenvalue weighted by Gasteiger charge is -2.35. The molecule has 2 heterocycles. The summed E-state index contributed by atoms with van der Waals surface area (Å²) in [6.45, 7) is 4.10. The number of piperidine rings is 1. The van der Waals surface area contributed by atoms with Gasteiger partial charge >= 0.3 is 6.03 Å². The molecule has 1 saturated heterocycles. The van der Waals surface area contributed by atoms with E-state index in [0.29, 0.717) is 12.6 Å². The zero-order valence-electron chi connectivity index (χ0n) is 15.0. The van der Waals surface area contributed by atoms with Crippen LogP contribution < -0.4 is 10.6 Å². The van der Waals surface area contributed by atoms with Crippen LogP contribution in [0.1, 0.15) is 50.6 Å². The lowest BCUT2D eigenvalue weighted by Crippen LogP contribution is -2.48. The fourth-order valence-electron chi connectivity index (χ4n) is 4.08. The van der Waals surface area contributed by atoms with Crippen LogP contribution in [0.5, 0.6) is 0 Å². The molecule has 0 atom stereocenters. The SMILES string of the molecule is Cn1cccc1CNC(=O)NC1CCN(CC2CCCCC2)CC1. The minimum absolute atomic E-state index is 0.0399. The van der Waals surface area contributed by atoms with Gasteiger partial charge in [-0.3, -0.25) is 0 Å². The summed E-state index contributed by atoms with van der Waals surface area (Å²) in [4.78, 5) is 14.7. The number of aryl methyl sites for hydroxylation is 1. The third kappa shape index (κ3) is 5.00. The molecule has 2 aliphatic rings. The van der Waals surface area contributed by atoms with E-state index in [0.717, 1.165) is 37.5 Å². The predicted molar refractivity (Wildman–Crippen MR) is 96.8 cm³/mol. The number of amides is 2. The molecule has 2 fully saturated rings. The van der Waals surface area contributed by atoms with Crippen molar-refractivity contribution >= 4 is 6.03 Å². The van der Waals surface area contributed by atoms with Gasteiger partial charge in [-0.1, -0.05) is 19.3 Å². The van der Waals surface area contributed by atoms with E-state index in [1.54, 1.807) is 0 Å². The molecule has 0 radical (unpaired) electrons. The molecule has 134 valence electrons. The number of hydrogen-bond donors (Lipinski definition) is 2. The van der Waals surface area contributed by atoms with E-state index in [2.05, 4.69) is 15.5 Å². The minimum Gasteiger partial charge on any atom is -0.353 e. The predicted octanol–water partition coefficient (Wildman–Crippen LogP) is 2.87. The van der Waals surface area contributed by atoms with Gasteiger partial charge in [-0.05, 0) is 43.7 Å². The van der Waals surface area contributed by atoms with Crippen molar-refractivity contribution in [2.75, 3.05) is 19.6 Å². The highest BCUT2D eigenvalue weighted by atomic mass is 16.2. The fraction of sp³-hybridized carbons (Fsp3) is 0.737. The molecule has 0 spiro atoms. The molecule has 3 rings (SSSR count). The second-order valence-electron chi connectivity index (χ2n) is 7.52. The van der Waals surface area contributed by atoms with E-state index in [1.165, 1.54) is 38.6 Å². The quantitative estimate of drug-likeness (QED) is 0.871. The van der Waals surface area contributed by atoms with Gasteiger partial charge in [-0.25, -0.2) is 4.79 Å². The number of urea groups is 1. The lowest BCUT2D eigenvalue weighted by atomic mass is 9.88. The van der Waals surface area contributed by atoms with Gasteiger partial charge in [-0.2, -0.15) is 0 Å². The summed E-state index contributed by atoms with van der Waals surface area (Å²) in [5.41, 5.74) is 1.12. The first-order chi connectivity index (χ1) is 11.7. The van der Waals surface area contributed by atoms with Crippen LogP contribution in [0, 0.1) is 5.92 Å². The monoisotopic (exact) mass is 332 g/mol. The maximum atomic E-state index is 12.1. The second kappa shape index (κ2) is 8.56. The highest BCUT2D eigenvalue weighted by molar-refractivity contribution is 5.74. The first-order valence-electron chi connectivity index (χ1n) is 9.57. The third-order valence-electron chi connectivity index (χ3n) is 5.65. The number of likely N-dealkylation sites (tertiary alicyclic amines) is 1. The van der Waals surface area contributed by atoms with Crippen LogP contribution in [0.15, 0.2) is 18.3 Å². The summed E-state index contributed by atoms with van der Waals surface area (Å²) < 4.78 is 2.03. The molecule has 1 aromatic rings. The highest BCUT2D eigenvalue weighted by Gasteiger charge is 2.23. The molecule has 24 heavy (non-hydrogen) atoms. The molecular weight excluding hydrogens is 300 g/mol. The Hall–Kier alpha value is -1.49. The number of nitrogens with zero attached hydrogens (tertiary/aromatic N) is 2. The van der Waals surface area contributed by atoms with E-state index < -0.39 is 0 Å². The van der Waals surface area contributed by atoms with Gasteiger partial charge in [0.1, 0.15) is 0 Å². The van der Waals surface area contributed by atoms with Crippen LogP contribution in [0.2, 0.25) is 0 Å². The normalized spacial score (nSPS) is 20.9. The van der Waals surface area contributed by atoms with Crippen molar-refractivity contribution in [1.82, 2.24) is 20.1 Å². The molecular formula is C19H32N4O. The standard InChI is InChI=1S/C19H32N4O/c1-22-11-5-8-18(22)14-20-19(24)21-17-9-12-23(13-10-17)15-16-6-3-2-4-7-16/h5,8,11,16-17H,2-4,6-7,9-10,12-15H2,1H3,(H2,20,21,24). The average Bonchev–Trinajstić information content (AvgIpc) is 3.01. The van der Waals surface area contributed by atoms with Crippen molar-refractivity contribution in [2.24, 2.45) is 13.0 Å². The Morgan fingerprint density at radius 3 is 2.58 bits per heavy atom. The van der Waals surface area contributed by atoms with Crippen LogP contribution in [0.4, 0.5) is 4.79 Å². The smallest absolute Gasteiger partial charge is 0.315 e. The Balaban J connectivity index is 1.32. The van der Waals surface area contributed by atoms with Crippen LogP contribution >= 0.6 is 0 Å². The first kappa shape index (κ1) is 17.3. The summed E-state index contributed by atoms with van der Waals surface area (Å²) in [5, 5.41) is 6.10. The molecule has 2 amide bonds. The van der Waals surface area contributed by atoms with Gasteiger partial charge in [0.25, 0.3) is 0 Å². The molecule has 0 unspecified atom stereocenters. The number of hydrogen-bond acceptors (Lipinski definition) is 2. The zero-order valence-corrected chi connectivity index (χ0v) is 15.0. The van der Waals surface area contributed by atoms with E-state index >= 15 is 0 Å². The maximum absolute atomic E-state index is 12.1. The second-order valence-corrected chi connectivity index (χ2v) is 7.52. The molecule has 1 aliphatic carbocycles. The number of carbonyl (C=O) groups is 1. The Morgan fingerprint density at radius 2 is 1.92 bits per heavy atom.